The monoisotopic (exact) mass is 549 g/mol. The number of rotatable bonds is 10. The van der Waals surface area contributed by atoms with E-state index >= 15 is 0 Å². The Morgan fingerprint density at radius 2 is 1.92 bits per heavy atom. The lowest BCUT2D eigenvalue weighted by atomic mass is 9.97. The largest absolute Gasteiger partial charge is 0.466 e. The molecule has 208 valence electrons. The van der Waals surface area contributed by atoms with E-state index in [4.69, 9.17) is 14.2 Å². The standard InChI is InChI=1S/C27H36FN3O6S/c1-7-35-23(32)15-21-14-20(36-27(4,5)37-21)12-13-22-24(17(2)3)30-26(29-16-38(6,33)34)31-25(22)18-8-10-19(28)11-9-18/h8-13,17,20-21H,7,14-16H2,1-6H3,(H,29,30,31)/b13-12+/t20-,21-/m1/s1. The van der Waals surface area contributed by atoms with Crippen molar-refractivity contribution < 1.29 is 31.8 Å². The molecule has 0 saturated carbocycles. The molecule has 0 radical (unpaired) electrons. The zero-order valence-electron chi connectivity index (χ0n) is 22.7. The molecular weight excluding hydrogens is 513 g/mol. The van der Waals surface area contributed by atoms with E-state index in [2.05, 4.69) is 15.3 Å². The zero-order valence-corrected chi connectivity index (χ0v) is 23.5. The van der Waals surface area contributed by atoms with Gasteiger partial charge in [0.15, 0.2) is 15.6 Å². The number of hydrogen-bond donors (Lipinski definition) is 1. The van der Waals surface area contributed by atoms with Gasteiger partial charge in [-0.05, 0) is 51.0 Å². The number of aromatic nitrogens is 2. The second kappa shape index (κ2) is 12.3. The van der Waals surface area contributed by atoms with Gasteiger partial charge < -0.3 is 19.5 Å². The fourth-order valence-corrected chi connectivity index (χ4v) is 4.59. The van der Waals surface area contributed by atoms with Crippen molar-refractivity contribution in [3.05, 3.63) is 47.4 Å². The Bertz CT molecular complexity index is 1260. The molecule has 0 unspecified atom stereocenters. The third-order valence-electron chi connectivity index (χ3n) is 5.69. The molecule has 38 heavy (non-hydrogen) atoms. The number of ether oxygens (including phenoxy) is 3. The van der Waals surface area contributed by atoms with Gasteiger partial charge in [0.25, 0.3) is 0 Å². The van der Waals surface area contributed by atoms with E-state index in [-0.39, 0.29) is 48.2 Å². The summed E-state index contributed by atoms with van der Waals surface area (Å²) in [5.41, 5.74) is 2.55. The number of carbonyl (C=O) groups is 1. The van der Waals surface area contributed by atoms with Crippen LogP contribution in [-0.4, -0.2) is 61.1 Å². The van der Waals surface area contributed by atoms with E-state index in [1.165, 1.54) is 12.1 Å². The highest BCUT2D eigenvalue weighted by Crippen LogP contribution is 2.33. The summed E-state index contributed by atoms with van der Waals surface area (Å²) in [6.07, 6.45) is 4.66. The average molecular weight is 550 g/mol. The van der Waals surface area contributed by atoms with Crippen LogP contribution in [0.2, 0.25) is 0 Å². The maximum atomic E-state index is 13.7. The van der Waals surface area contributed by atoms with Crippen LogP contribution in [0, 0.1) is 5.82 Å². The maximum absolute atomic E-state index is 13.7. The predicted molar refractivity (Wildman–Crippen MR) is 144 cm³/mol. The number of nitrogens with one attached hydrogen (secondary N) is 1. The first-order valence-electron chi connectivity index (χ1n) is 12.5. The normalized spacial score (nSPS) is 19.6. The summed E-state index contributed by atoms with van der Waals surface area (Å²) in [4.78, 5) is 21.3. The molecule has 2 atom stereocenters. The second-order valence-corrected chi connectivity index (χ2v) is 12.1. The van der Waals surface area contributed by atoms with E-state index in [9.17, 15) is 17.6 Å². The first kappa shape index (κ1) is 29.7. The van der Waals surface area contributed by atoms with Crippen LogP contribution in [0.3, 0.4) is 0 Å². The van der Waals surface area contributed by atoms with Gasteiger partial charge in [-0.1, -0.05) is 26.0 Å². The fourth-order valence-electron chi connectivity index (χ4n) is 4.19. The van der Waals surface area contributed by atoms with Crippen LogP contribution < -0.4 is 5.32 Å². The van der Waals surface area contributed by atoms with Crippen molar-refractivity contribution >= 4 is 27.8 Å². The molecule has 1 saturated heterocycles. The van der Waals surface area contributed by atoms with Gasteiger partial charge in [0.1, 0.15) is 11.7 Å². The molecule has 2 aromatic rings. The Kier molecular flexibility index (Phi) is 9.61. The number of sulfone groups is 1. The van der Waals surface area contributed by atoms with E-state index < -0.39 is 15.6 Å². The summed E-state index contributed by atoms with van der Waals surface area (Å²) < 4.78 is 54.2. The molecule has 1 N–H and O–H groups in total. The molecule has 3 rings (SSSR count). The average Bonchev–Trinajstić information content (AvgIpc) is 2.80. The number of nitrogens with zero attached hydrogens (tertiary/aromatic N) is 2. The molecular formula is C27H36FN3O6S. The van der Waals surface area contributed by atoms with Gasteiger partial charge in [-0.3, -0.25) is 4.79 Å². The quantitative estimate of drug-likeness (QED) is 0.421. The maximum Gasteiger partial charge on any atom is 0.308 e. The number of carbonyl (C=O) groups excluding carboxylic acids is 1. The molecule has 1 aromatic heterocycles. The lowest BCUT2D eigenvalue weighted by Crippen LogP contribution is -2.44. The molecule has 1 aromatic carbocycles. The fraction of sp³-hybridized carbons (Fsp3) is 0.519. The Hall–Kier alpha value is -2.89. The van der Waals surface area contributed by atoms with Gasteiger partial charge in [-0.25, -0.2) is 22.8 Å². The van der Waals surface area contributed by atoms with Crippen molar-refractivity contribution in [1.82, 2.24) is 9.97 Å². The second-order valence-electron chi connectivity index (χ2n) is 10.0. The minimum Gasteiger partial charge on any atom is -0.466 e. The molecule has 0 bridgehead atoms. The topological polar surface area (TPSA) is 117 Å². The summed E-state index contributed by atoms with van der Waals surface area (Å²) in [5, 5.41) is 2.79. The smallest absolute Gasteiger partial charge is 0.308 e. The Balaban J connectivity index is 2.01. The summed E-state index contributed by atoms with van der Waals surface area (Å²) in [7, 11) is -3.32. The van der Waals surface area contributed by atoms with E-state index in [1.54, 1.807) is 32.9 Å². The number of anilines is 1. The van der Waals surface area contributed by atoms with Crippen LogP contribution in [0.15, 0.2) is 30.3 Å². The molecule has 11 heteroatoms. The van der Waals surface area contributed by atoms with Crippen LogP contribution >= 0.6 is 0 Å². The Morgan fingerprint density at radius 3 is 2.53 bits per heavy atom. The molecule has 0 aliphatic carbocycles. The lowest BCUT2D eigenvalue weighted by Gasteiger charge is -2.39. The summed E-state index contributed by atoms with van der Waals surface area (Å²) in [5.74, 6) is -1.84. The van der Waals surface area contributed by atoms with Crippen LogP contribution in [0.25, 0.3) is 17.3 Å². The number of hydrogen-bond acceptors (Lipinski definition) is 9. The van der Waals surface area contributed by atoms with Crippen LogP contribution in [0.5, 0.6) is 0 Å². The molecule has 1 aliphatic heterocycles. The van der Waals surface area contributed by atoms with Crippen molar-refractivity contribution in [1.29, 1.82) is 0 Å². The van der Waals surface area contributed by atoms with Gasteiger partial charge in [0.05, 0.1) is 36.6 Å². The first-order valence-corrected chi connectivity index (χ1v) is 14.6. The van der Waals surface area contributed by atoms with Crippen LogP contribution in [-0.2, 0) is 28.8 Å². The van der Waals surface area contributed by atoms with Crippen molar-refractivity contribution in [3.8, 4) is 11.3 Å². The molecule has 0 spiro atoms. The third kappa shape index (κ3) is 8.57. The molecule has 2 heterocycles. The van der Waals surface area contributed by atoms with E-state index in [1.807, 2.05) is 26.0 Å². The van der Waals surface area contributed by atoms with Crippen molar-refractivity contribution in [2.45, 2.75) is 71.4 Å². The van der Waals surface area contributed by atoms with Gasteiger partial charge >= 0.3 is 5.97 Å². The van der Waals surface area contributed by atoms with E-state index in [0.717, 1.165) is 6.26 Å². The van der Waals surface area contributed by atoms with Gasteiger partial charge in [0.2, 0.25) is 5.95 Å². The molecule has 1 aliphatic rings. The third-order valence-corrected chi connectivity index (χ3v) is 6.36. The SMILES string of the molecule is CCOC(=O)C[C@H]1C[C@@H](/C=C/c2c(-c3ccc(F)cc3)nc(NCS(C)(=O)=O)nc2C(C)C)OC(C)(C)O1. The van der Waals surface area contributed by atoms with Crippen molar-refractivity contribution in [3.63, 3.8) is 0 Å². The summed E-state index contributed by atoms with van der Waals surface area (Å²) in [6.45, 7) is 9.58. The number of esters is 1. The van der Waals surface area contributed by atoms with Crippen molar-refractivity contribution in [2.24, 2.45) is 0 Å². The summed E-state index contributed by atoms with van der Waals surface area (Å²) >= 11 is 0. The van der Waals surface area contributed by atoms with Gasteiger partial charge in [-0.15, -0.1) is 0 Å². The zero-order chi connectivity index (χ0) is 28.1. The highest BCUT2D eigenvalue weighted by Gasteiger charge is 2.35. The Morgan fingerprint density at radius 1 is 1.24 bits per heavy atom. The van der Waals surface area contributed by atoms with Crippen LogP contribution in [0.1, 0.15) is 64.6 Å². The highest BCUT2D eigenvalue weighted by atomic mass is 32.2. The van der Waals surface area contributed by atoms with Gasteiger partial charge in [0, 0.05) is 23.8 Å². The van der Waals surface area contributed by atoms with Crippen LogP contribution in [0.4, 0.5) is 10.3 Å². The minimum absolute atomic E-state index is 0.0424. The van der Waals surface area contributed by atoms with Gasteiger partial charge in [-0.2, -0.15) is 0 Å². The van der Waals surface area contributed by atoms with Crippen molar-refractivity contribution in [2.75, 3.05) is 24.1 Å². The molecule has 1 fully saturated rings. The molecule has 0 amide bonds. The number of benzene rings is 1. The Labute approximate surface area is 223 Å². The van der Waals surface area contributed by atoms with E-state index in [0.29, 0.717) is 35.5 Å². The summed E-state index contributed by atoms with van der Waals surface area (Å²) in [6, 6.07) is 5.91. The lowest BCUT2D eigenvalue weighted by molar-refractivity contribution is -0.290. The first-order chi connectivity index (χ1) is 17.8. The highest BCUT2D eigenvalue weighted by molar-refractivity contribution is 7.90. The molecule has 9 nitrogen and oxygen atoms in total. The predicted octanol–water partition coefficient (Wildman–Crippen LogP) is 4.70. The number of halogens is 1. The minimum atomic E-state index is -3.32.